The summed E-state index contributed by atoms with van der Waals surface area (Å²) >= 11 is 0. The van der Waals surface area contributed by atoms with Crippen LogP contribution in [0.4, 0.5) is 11.4 Å². The Kier molecular flexibility index (Phi) is 10.0. The highest BCUT2D eigenvalue weighted by atomic mass is 32.2. The predicted molar refractivity (Wildman–Crippen MR) is 153 cm³/mol. The zero-order valence-electron chi connectivity index (χ0n) is 23.0. The van der Waals surface area contributed by atoms with Gasteiger partial charge in [0.25, 0.3) is 15.7 Å². The maximum atomic E-state index is 14.0. The fourth-order valence-electron chi connectivity index (χ4n) is 4.32. The summed E-state index contributed by atoms with van der Waals surface area (Å²) in [4.78, 5) is 39.3. The largest absolute Gasteiger partial charge is 0.352 e. The Morgan fingerprint density at radius 1 is 0.975 bits per heavy atom. The van der Waals surface area contributed by atoms with Crippen LogP contribution in [0.1, 0.15) is 38.3 Å². The first-order valence-corrected chi connectivity index (χ1v) is 14.4. The number of nitrogens with one attached hydrogen (secondary N) is 1. The number of amides is 2. The minimum absolute atomic E-state index is 0.0402. The summed E-state index contributed by atoms with van der Waals surface area (Å²) in [6.07, 6.45) is 0.290. The fraction of sp³-hybridized carbons (Fsp3) is 0.310. The molecule has 0 saturated carbocycles. The number of nitro groups is 1. The first kappa shape index (κ1) is 30.3. The number of anilines is 1. The molecule has 0 aliphatic heterocycles. The van der Waals surface area contributed by atoms with Crippen molar-refractivity contribution < 1.29 is 22.9 Å². The molecule has 3 aromatic rings. The molecule has 3 aromatic carbocycles. The molecule has 0 heterocycles. The van der Waals surface area contributed by atoms with Crippen LogP contribution < -0.4 is 9.62 Å². The van der Waals surface area contributed by atoms with Crippen LogP contribution in [0, 0.1) is 17.0 Å². The second-order valence-electron chi connectivity index (χ2n) is 9.70. The number of benzene rings is 3. The highest BCUT2D eigenvalue weighted by molar-refractivity contribution is 7.92. The van der Waals surface area contributed by atoms with E-state index in [-0.39, 0.29) is 34.8 Å². The van der Waals surface area contributed by atoms with Crippen molar-refractivity contribution in [1.82, 2.24) is 10.2 Å². The van der Waals surface area contributed by atoms with E-state index >= 15 is 0 Å². The van der Waals surface area contributed by atoms with Gasteiger partial charge in [-0.05, 0) is 51.0 Å². The van der Waals surface area contributed by atoms with Crippen molar-refractivity contribution in [2.75, 3.05) is 10.8 Å². The summed E-state index contributed by atoms with van der Waals surface area (Å²) in [5.41, 5.74) is 1.38. The van der Waals surface area contributed by atoms with Crippen molar-refractivity contribution in [2.24, 2.45) is 0 Å². The van der Waals surface area contributed by atoms with E-state index in [1.807, 2.05) is 45.0 Å². The Bertz CT molecular complexity index is 1460. The fourth-order valence-corrected chi connectivity index (χ4v) is 5.74. The summed E-state index contributed by atoms with van der Waals surface area (Å²) in [5, 5.41) is 14.3. The Morgan fingerprint density at radius 2 is 1.65 bits per heavy atom. The number of hydrogen-bond donors (Lipinski definition) is 1. The van der Waals surface area contributed by atoms with Gasteiger partial charge in [-0.1, -0.05) is 61.0 Å². The number of rotatable bonds is 12. The molecule has 11 heteroatoms. The third-order valence-corrected chi connectivity index (χ3v) is 7.98. The number of nitro benzene ring substituents is 1. The summed E-state index contributed by atoms with van der Waals surface area (Å²) in [6, 6.07) is 19.1. The van der Waals surface area contributed by atoms with E-state index in [4.69, 9.17) is 0 Å². The molecule has 0 aromatic heterocycles. The van der Waals surface area contributed by atoms with Crippen LogP contribution in [0.2, 0.25) is 0 Å². The number of non-ortho nitro benzene ring substituents is 1. The van der Waals surface area contributed by atoms with Crippen LogP contribution in [0.25, 0.3) is 0 Å². The molecule has 40 heavy (non-hydrogen) atoms. The number of carbonyl (C=O) groups excluding carboxylic acids is 2. The van der Waals surface area contributed by atoms with E-state index in [2.05, 4.69) is 5.32 Å². The molecule has 0 saturated heterocycles. The van der Waals surface area contributed by atoms with Crippen LogP contribution in [0.15, 0.2) is 83.8 Å². The lowest BCUT2D eigenvalue weighted by atomic mass is 10.1. The lowest BCUT2D eigenvalue weighted by molar-refractivity contribution is -0.384. The van der Waals surface area contributed by atoms with Gasteiger partial charge in [-0.2, -0.15) is 0 Å². The van der Waals surface area contributed by atoms with Crippen molar-refractivity contribution >= 4 is 33.2 Å². The van der Waals surface area contributed by atoms with Gasteiger partial charge in [0.05, 0.1) is 15.5 Å². The van der Waals surface area contributed by atoms with Gasteiger partial charge in [0, 0.05) is 24.7 Å². The summed E-state index contributed by atoms with van der Waals surface area (Å²) < 4.78 is 28.5. The van der Waals surface area contributed by atoms with Gasteiger partial charge >= 0.3 is 0 Å². The normalized spacial score (nSPS) is 12.0. The SMILES string of the molecule is CC[C@@H](C(=O)NC(C)C)N(Cc1cccc(C)c1)C(=O)CN(c1cccc([N+](=O)[O-])c1)S(=O)(=O)c1ccccc1. The van der Waals surface area contributed by atoms with Gasteiger partial charge in [0.2, 0.25) is 11.8 Å². The van der Waals surface area contributed by atoms with Crippen molar-refractivity contribution in [1.29, 1.82) is 0 Å². The molecule has 0 spiro atoms. The van der Waals surface area contributed by atoms with Crippen LogP contribution in [-0.4, -0.2) is 48.7 Å². The first-order chi connectivity index (χ1) is 18.9. The van der Waals surface area contributed by atoms with E-state index < -0.39 is 33.4 Å². The predicted octanol–water partition coefficient (Wildman–Crippen LogP) is 4.43. The van der Waals surface area contributed by atoms with E-state index in [1.54, 1.807) is 25.1 Å². The maximum absolute atomic E-state index is 14.0. The lowest BCUT2D eigenvalue weighted by Crippen LogP contribution is -2.53. The summed E-state index contributed by atoms with van der Waals surface area (Å²) in [7, 11) is -4.31. The van der Waals surface area contributed by atoms with E-state index in [0.717, 1.165) is 21.5 Å². The molecule has 0 radical (unpaired) electrons. The Morgan fingerprint density at radius 3 is 2.25 bits per heavy atom. The third-order valence-electron chi connectivity index (χ3n) is 6.19. The van der Waals surface area contributed by atoms with Crippen molar-refractivity contribution in [3.05, 3.63) is 100 Å². The molecule has 0 aliphatic rings. The average Bonchev–Trinajstić information content (AvgIpc) is 2.91. The Labute approximate surface area is 234 Å². The minimum atomic E-state index is -4.31. The smallest absolute Gasteiger partial charge is 0.271 e. The minimum Gasteiger partial charge on any atom is -0.352 e. The van der Waals surface area contributed by atoms with Gasteiger partial charge in [-0.25, -0.2) is 8.42 Å². The summed E-state index contributed by atoms with van der Waals surface area (Å²) in [5.74, 6) is -0.982. The Balaban J connectivity index is 2.10. The summed E-state index contributed by atoms with van der Waals surface area (Å²) in [6.45, 7) is 6.71. The van der Waals surface area contributed by atoms with Crippen molar-refractivity contribution in [3.8, 4) is 0 Å². The molecule has 212 valence electrons. The number of hydrogen-bond acceptors (Lipinski definition) is 6. The molecule has 1 N–H and O–H groups in total. The van der Waals surface area contributed by atoms with Crippen LogP contribution in [0.3, 0.4) is 0 Å². The highest BCUT2D eigenvalue weighted by Gasteiger charge is 2.34. The molecule has 3 rings (SSSR count). The molecule has 0 aliphatic carbocycles. The molecule has 0 bridgehead atoms. The topological polar surface area (TPSA) is 130 Å². The second kappa shape index (κ2) is 13.2. The molecular weight excluding hydrogens is 532 g/mol. The van der Waals surface area contributed by atoms with Crippen LogP contribution in [0.5, 0.6) is 0 Å². The molecule has 10 nitrogen and oxygen atoms in total. The maximum Gasteiger partial charge on any atom is 0.271 e. The second-order valence-corrected chi connectivity index (χ2v) is 11.6. The average molecular weight is 567 g/mol. The standard InChI is InChI=1S/C29H34N4O6S/c1-5-27(29(35)30-21(2)3)31(19-23-12-9-11-22(4)17-23)28(34)20-32(24-13-10-14-25(18-24)33(36)37)40(38,39)26-15-7-6-8-16-26/h6-18,21,27H,5,19-20H2,1-4H3,(H,30,35)/t27-/m0/s1. The number of carbonyl (C=O) groups is 2. The van der Waals surface area contributed by atoms with Crippen LogP contribution >= 0.6 is 0 Å². The zero-order chi connectivity index (χ0) is 29.4. The molecular formula is C29H34N4O6S. The number of sulfonamides is 1. The van der Waals surface area contributed by atoms with Gasteiger partial charge < -0.3 is 10.2 Å². The molecule has 1 atom stereocenters. The lowest BCUT2D eigenvalue weighted by Gasteiger charge is -2.33. The highest BCUT2D eigenvalue weighted by Crippen LogP contribution is 2.28. The third kappa shape index (κ3) is 7.44. The van der Waals surface area contributed by atoms with Crippen molar-refractivity contribution in [3.63, 3.8) is 0 Å². The molecule has 0 unspecified atom stereocenters. The molecule has 0 fully saturated rings. The van der Waals surface area contributed by atoms with Gasteiger partial charge in [-0.15, -0.1) is 0 Å². The van der Waals surface area contributed by atoms with E-state index in [9.17, 15) is 28.1 Å². The van der Waals surface area contributed by atoms with E-state index in [1.165, 1.54) is 35.2 Å². The van der Waals surface area contributed by atoms with E-state index in [0.29, 0.717) is 6.42 Å². The first-order valence-electron chi connectivity index (χ1n) is 12.9. The van der Waals surface area contributed by atoms with Gasteiger partial charge in [0.15, 0.2) is 0 Å². The Hall–Kier alpha value is -4.25. The van der Waals surface area contributed by atoms with Crippen LogP contribution in [-0.2, 0) is 26.2 Å². The number of nitrogens with zero attached hydrogens (tertiary/aromatic N) is 3. The molecule has 2 amide bonds. The quantitative estimate of drug-likeness (QED) is 0.255. The zero-order valence-corrected chi connectivity index (χ0v) is 23.8. The van der Waals surface area contributed by atoms with Gasteiger partial charge in [0.1, 0.15) is 12.6 Å². The number of aryl methyl sites for hydroxylation is 1. The van der Waals surface area contributed by atoms with Gasteiger partial charge in [-0.3, -0.25) is 24.0 Å². The monoisotopic (exact) mass is 566 g/mol. The van der Waals surface area contributed by atoms with Crippen molar-refractivity contribution in [2.45, 2.75) is 57.6 Å².